The number of allylic oxidation sites excluding steroid dienone is 2. The fourth-order valence-corrected chi connectivity index (χ4v) is 4.73. The molecule has 1 aliphatic heterocycles. The van der Waals surface area contributed by atoms with Crippen LogP contribution in [0.15, 0.2) is 48.6 Å². The van der Waals surface area contributed by atoms with Gasteiger partial charge in [-0.25, -0.2) is 0 Å². The molecule has 6 heteroatoms. The Bertz CT molecular complexity index is 1050. The lowest BCUT2D eigenvalue weighted by Crippen LogP contribution is -2.32. The molecule has 0 saturated heterocycles. The Morgan fingerprint density at radius 1 is 1.19 bits per heavy atom. The average Bonchev–Trinajstić information content (AvgIpc) is 3.28. The Balaban J connectivity index is 1.69. The van der Waals surface area contributed by atoms with Gasteiger partial charge in [0.05, 0.1) is 24.4 Å². The summed E-state index contributed by atoms with van der Waals surface area (Å²) in [5, 5.41) is 6.71. The molecule has 2 N–H and O–H groups in total. The third-order valence-electron chi connectivity index (χ3n) is 6.26. The summed E-state index contributed by atoms with van der Waals surface area (Å²) in [4.78, 5) is 24.4. The molecule has 1 amide bonds. The van der Waals surface area contributed by atoms with Crippen LogP contribution in [0, 0.1) is 5.92 Å². The number of hydrogen-bond acceptors (Lipinski definition) is 5. The van der Waals surface area contributed by atoms with Crippen molar-refractivity contribution in [3.8, 4) is 11.5 Å². The zero-order valence-electron chi connectivity index (χ0n) is 18.8. The molecule has 2 aliphatic rings. The van der Waals surface area contributed by atoms with Crippen molar-refractivity contribution in [3.63, 3.8) is 0 Å². The van der Waals surface area contributed by atoms with Crippen molar-refractivity contribution in [1.82, 2.24) is 5.32 Å². The number of ether oxygens (including phenoxy) is 2. The molecule has 0 spiro atoms. The molecule has 0 aromatic heterocycles. The van der Waals surface area contributed by atoms with Gasteiger partial charge in [-0.1, -0.05) is 43.7 Å². The van der Waals surface area contributed by atoms with Gasteiger partial charge in [-0.2, -0.15) is 0 Å². The third kappa shape index (κ3) is 4.22. The second-order valence-corrected chi connectivity index (χ2v) is 8.36. The predicted octanol–water partition coefficient (Wildman–Crippen LogP) is 4.98. The zero-order chi connectivity index (χ0) is 22.7. The van der Waals surface area contributed by atoms with Crippen LogP contribution in [-0.4, -0.2) is 25.5 Å². The van der Waals surface area contributed by atoms with Gasteiger partial charge in [0.2, 0.25) is 0 Å². The standard InChI is InChI=1S/C26H30N2O4/c1-4-5-14-27-26(30)21-11-7-10-20-18-8-6-9-19(18)24(28-25(20)21)17-12-13-22(32-16(2)29)23(15-17)31-3/h6-8,10-13,15,18-19,24,28H,4-5,9,14H2,1-3H3,(H,27,30). The summed E-state index contributed by atoms with van der Waals surface area (Å²) in [6.07, 6.45) is 7.41. The molecule has 1 aliphatic carbocycles. The molecule has 2 aromatic rings. The minimum atomic E-state index is -0.389. The summed E-state index contributed by atoms with van der Waals surface area (Å²) >= 11 is 0. The van der Waals surface area contributed by atoms with Crippen molar-refractivity contribution >= 4 is 17.6 Å². The monoisotopic (exact) mass is 434 g/mol. The van der Waals surface area contributed by atoms with Gasteiger partial charge in [0.15, 0.2) is 11.5 Å². The molecular weight excluding hydrogens is 404 g/mol. The Morgan fingerprint density at radius 2 is 2.03 bits per heavy atom. The molecule has 3 unspecified atom stereocenters. The van der Waals surface area contributed by atoms with Gasteiger partial charge in [-0.05, 0) is 48.1 Å². The Kier molecular flexibility index (Phi) is 6.49. The van der Waals surface area contributed by atoms with E-state index in [-0.39, 0.29) is 23.8 Å². The van der Waals surface area contributed by atoms with Crippen molar-refractivity contribution in [2.24, 2.45) is 5.92 Å². The van der Waals surface area contributed by atoms with Gasteiger partial charge < -0.3 is 20.1 Å². The van der Waals surface area contributed by atoms with Crippen LogP contribution in [0.2, 0.25) is 0 Å². The van der Waals surface area contributed by atoms with E-state index in [9.17, 15) is 9.59 Å². The molecule has 2 aromatic carbocycles. The Morgan fingerprint density at radius 3 is 2.78 bits per heavy atom. The summed E-state index contributed by atoms with van der Waals surface area (Å²) in [5.41, 5.74) is 3.75. The smallest absolute Gasteiger partial charge is 0.308 e. The van der Waals surface area contributed by atoms with E-state index in [2.05, 4.69) is 35.8 Å². The maximum Gasteiger partial charge on any atom is 0.308 e. The van der Waals surface area contributed by atoms with Crippen molar-refractivity contribution in [2.45, 2.75) is 45.1 Å². The van der Waals surface area contributed by atoms with Crippen LogP contribution < -0.4 is 20.1 Å². The van der Waals surface area contributed by atoms with Gasteiger partial charge in [-0.3, -0.25) is 9.59 Å². The van der Waals surface area contributed by atoms with E-state index in [4.69, 9.17) is 9.47 Å². The first-order valence-corrected chi connectivity index (χ1v) is 11.2. The number of nitrogens with one attached hydrogen (secondary N) is 2. The molecule has 3 atom stereocenters. The third-order valence-corrected chi connectivity index (χ3v) is 6.26. The normalized spacial score (nSPS) is 20.7. The number of fused-ring (bicyclic) bond motifs is 3. The van der Waals surface area contributed by atoms with E-state index in [0.29, 0.717) is 29.5 Å². The Hall–Kier alpha value is -3.28. The highest BCUT2D eigenvalue weighted by atomic mass is 16.6. The number of amides is 1. The minimum Gasteiger partial charge on any atom is -0.493 e. The first kappa shape index (κ1) is 21.9. The number of carbonyl (C=O) groups is 2. The van der Waals surface area contributed by atoms with E-state index >= 15 is 0 Å². The summed E-state index contributed by atoms with van der Waals surface area (Å²) in [6.45, 7) is 4.15. The number of unbranched alkanes of at least 4 members (excludes halogenated alkanes) is 1. The summed E-state index contributed by atoms with van der Waals surface area (Å²) in [6, 6.07) is 11.6. The van der Waals surface area contributed by atoms with Gasteiger partial charge in [-0.15, -0.1) is 0 Å². The van der Waals surface area contributed by atoms with Gasteiger partial charge in [0.1, 0.15) is 0 Å². The second-order valence-electron chi connectivity index (χ2n) is 8.36. The first-order valence-electron chi connectivity index (χ1n) is 11.2. The lowest BCUT2D eigenvalue weighted by atomic mass is 9.76. The lowest BCUT2D eigenvalue weighted by Gasteiger charge is -2.38. The predicted molar refractivity (Wildman–Crippen MR) is 124 cm³/mol. The highest BCUT2D eigenvalue weighted by Gasteiger charge is 2.39. The number of rotatable bonds is 7. The number of benzene rings is 2. The fraction of sp³-hybridized carbons (Fsp3) is 0.385. The van der Waals surface area contributed by atoms with E-state index in [1.54, 1.807) is 13.2 Å². The molecule has 0 saturated carbocycles. The highest BCUT2D eigenvalue weighted by molar-refractivity contribution is 6.00. The van der Waals surface area contributed by atoms with E-state index in [1.807, 2.05) is 24.3 Å². The quantitative estimate of drug-likeness (QED) is 0.278. The lowest BCUT2D eigenvalue weighted by molar-refractivity contribution is -0.132. The SMILES string of the molecule is CCCCNC(=O)c1cccc2c1NC(c1ccc(OC(C)=O)c(OC)c1)C1CC=CC21. The maximum atomic E-state index is 12.9. The summed E-state index contributed by atoms with van der Waals surface area (Å²) in [5.74, 6) is 1.03. The number of carbonyl (C=O) groups excluding carboxylic acids is 2. The molecule has 6 nitrogen and oxygen atoms in total. The van der Waals surface area contributed by atoms with Crippen LogP contribution in [0.5, 0.6) is 11.5 Å². The van der Waals surface area contributed by atoms with E-state index < -0.39 is 0 Å². The molecule has 1 heterocycles. The van der Waals surface area contributed by atoms with E-state index in [1.165, 1.54) is 6.92 Å². The molecule has 0 fully saturated rings. The number of anilines is 1. The Labute approximate surface area is 189 Å². The number of methoxy groups -OCH3 is 1. The van der Waals surface area contributed by atoms with E-state index in [0.717, 1.165) is 36.1 Å². The maximum absolute atomic E-state index is 12.9. The van der Waals surface area contributed by atoms with Crippen molar-refractivity contribution in [3.05, 3.63) is 65.2 Å². The van der Waals surface area contributed by atoms with Crippen LogP contribution in [0.3, 0.4) is 0 Å². The van der Waals surface area contributed by atoms with Crippen LogP contribution in [0.25, 0.3) is 0 Å². The van der Waals surface area contributed by atoms with Crippen molar-refractivity contribution < 1.29 is 19.1 Å². The number of para-hydroxylation sites is 1. The highest BCUT2D eigenvalue weighted by Crippen LogP contribution is 2.51. The largest absolute Gasteiger partial charge is 0.493 e. The number of hydrogen-bond donors (Lipinski definition) is 2. The molecule has 0 bridgehead atoms. The molecular formula is C26H30N2O4. The van der Waals surface area contributed by atoms with Gasteiger partial charge in [0, 0.05) is 19.4 Å². The molecule has 32 heavy (non-hydrogen) atoms. The van der Waals surface area contributed by atoms with Crippen molar-refractivity contribution in [1.29, 1.82) is 0 Å². The van der Waals surface area contributed by atoms with Crippen LogP contribution in [0.1, 0.15) is 66.6 Å². The molecule has 0 radical (unpaired) electrons. The average molecular weight is 435 g/mol. The van der Waals surface area contributed by atoms with Crippen LogP contribution in [0.4, 0.5) is 5.69 Å². The van der Waals surface area contributed by atoms with Crippen LogP contribution >= 0.6 is 0 Å². The topological polar surface area (TPSA) is 76.7 Å². The zero-order valence-corrected chi connectivity index (χ0v) is 18.8. The summed E-state index contributed by atoms with van der Waals surface area (Å²) in [7, 11) is 1.56. The van der Waals surface area contributed by atoms with Crippen molar-refractivity contribution in [2.75, 3.05) is 19.0 Å². The second kappa shape index (κ2) is 9.47. The first-order chi connectivity index (χ1) is 15.5. The van der Waals surface area contributed by atoms with Crippen LogP contribution in [-0.2, 0) is 4.79 Å². The summed E-state index contributed by atoms with van der Waals surface area (Å²) < 4.78 is 10.8. The fourth-order valence-electron chi connectivity index (χ4n) is 4.73. The molecule has 168 valence electrons. The van der Waals surface area contributed by atoms with Gasteiger partial charge in [0.25, 0.3) is 5.91 Å². The molecule has 4 rings (SSSR count). The minimum absolute atomic E-state index is 0.00706. The number of esters is 1. The van der Waals surface area contributed by atoms with Gasteiger partial charge >= 0.3 is 5.97 Å².